The largest absolute Gasteiger partial charge is 0.464 e. The summed E-state index contributed by atoms with van der Waals surface area (Å²) in [4.78, 5) is 27.8. The lowest BCUT2D eigenvalue weighted by molar-refractivity contribution is 0.0729. The summed E-state index contributed by atoms with van der Waals surface area (Å²) in [7, 11) is 0. The topological polar surface area (TPSA) is 50.5 Å². The minimum Gasteiger partial charge on any atom is -0.464 e. The number of fused-ring (bicyclic) bond motifs is 1. The Morgan fingerprint density at radius 2 is 1.58 bits per heavy atom. The molecule has 0 fully saturated rings. The van der Waals surface area contributed by atoms with Gasteiger partial charge in [0.25, 0.3) is 5.91 Å². The quantitative estimate of drug-likeness (QED) is 0.427. The average Bonchev–Trinajstić information content (AvgIpc) is 2.81. The van der Waals surface area contributed by atoms with Crippen molar-refractivity contribution in [3.63, 3.8) is 0 Å². The van der Waals surface area contributed by atoms with Gasteiger partial charge < -0.3 is 9.32 Å². The highest BCUT2D eigenvalue weighted by molar-refractivity contribution is 5.94. The Morgan fingerprint density at radius 1 is 0.903 bits per heavy atom. The van der Waals surface area contributed by atoms with Crippen molar-refractivity contribution < 1.29 is 13.6 Å². The molecule has 0 saturated carbocycles. The molecule has 1 heterocycles. The van der Waals surface area contributed by atoms with E-state index in [2.05, 4.69) is 6.92 Å². The van der Waals surface area contributed by atoms with Crippen molar-refractivity contribution in [3.8, 4) is 0 Å². The molecular formula is C26H22FNO3. The second-order valence-electron chi connectivity index (χ2n) is 7.42. The third-order valence-corrected chi connectivity index (χ3v) is 5.30. The van der Waals surface area contributed by atoms with Gasteiger partial charge in [0, 0.05) is 12.1 Å². The third kappa shape index (κ3) is 4.56. The number of hydrogen-bond donors (Lipinski definition) is 0. The van der Waals surface area contributed by atoms with Crippen LogP contribution in [-0.4, -0.2) is 10.8 Å². The number of halogens is 1. The third-order valence-electron chi connectivity index (χ3n) is 5.30. The second kappa shape index (κ2) is 8.96. The van der Waals surface area contributed by atoms with Gasteiger partial charge in [0.15, 0.2) is 5.43 Å². The standard InChI is InChI=1S/C26H22FNO3/c1-2-18-7-11-20(12-8-18)26(30)28(15-19-9-13-22(27)14-10-19)16-21-17-31-24-6-4-3-5-23(24)25(21)29/h3-14,17H,2,15-16H2,1H3. The van der Waals surface area contributed by atoms with E-state index in [4.69, 9.17) is 4.42 Å². The van der Waals surface area contributed by atoms with Gasteiger partial charge in [-0.25, -0.2) is 4.39 Å². The summed E-state index contributed by atoms with van der Waals surface area (Å²) in [5.41, 5.74) is 3.16. The van der Waals surface area contributed by atoms with Crippen molar-refractivity contribution in [2.75, 3.05) is 0 Å². The molecule has 1 amide bonds. The smallest absolute Gasteiger partial charge is 0.254 e. The highest BCUT2D eigenvalue weighted by atomic mass is 19.1. The van der Waals surface area contributed by atoms with Gasteiger partial charge in [-0.2, -0.15) is 0 Å². The highest BCUT2D eigenvalue weighted by Gasteiger charge is 2.19. The van der Waals surface area contributed by atoms with E-state index in [-0.39, 0.29) is 30.2 Å². The van der Waals surface area contributed by atoms with E-state index < -0.39 is 0 Å². The molecule has 3 aromatic carbocycles. The molecule has 0 aliphatic rings. The second-order valence-corrected chi connectivity index (χ2v) is 7.42. The molecule has 31 heavy (non-hydrogen) atoms. The van der Waals surface area contributed by atoms with Crippen LogP contribution in [0.4, 0.5) is 4.39 Å². The highest BCUT2D eigenvalue weighted by Crippen LogP contribution is 2.17. The Bertz CT molecular complexity index is 1260. The molecule has 0 atom stereocenters. The normalized spacial score (nSPS) is 10.9. The molecule has 0 aliphatic carbocycles. The van der Waals surface area contributed by atoms with E-state index in [0.29, 0.717) is 22.1 Å². The number of nitrogens with zero attached hydrogens (tertiary/aromatic N) is 1. The van der Waals surface area contributed by atoms with Crippen molar-refractivity contribution in [1.29, 1.82) is 0 Å². The zero-order valence-corrected chi connectivity index (χ0v) is 17.2. The summed E-state index contributed by atoms with van der Waals surface area (Å²) in [6.07, 6.45) is 2.29. The lowest BCUT2D eigenvalue weighted by Gasteiger charge is -2.23. The lowest BCUT2D eigenvalue weighted by Crippen LogP contribution is -2.32. The van der Waals surface area contributed by atoms with Crippen molar-refractivity contribution in [1.82, 2.24) is 4.90 Å². The fourth-order valence-corrected chi connectivity index (χ4v) is 3.51. The predicted octanol–water partition coefficient (Wildman–Crippen LogP) is 5.34. The van der Waals surface area contributed by atoms with Gasteiger partial charge in [0.1, 0.15) is 11.4 Å². The number of para-hydroxylation sites is 1. The fraction of sp³-hybridized carbons (Fsp3) is 0.154. The van der Waals surface area contributed by atoms with E-state index in [1.54, 1.807) is 53.4 Å². The maximum Gasteiger partial charge on any atom is 0.254 e. The maximum absolute atomic E-state index is 13.3. The average molecular weight is 415 g/mol. The van der Waals surface area contributed by atoms with Gasteiger partial charge in [0.2, 0.25) is 0 Å². The lowest BCUT2D eigenvalue weighted by atomic mass is 10.1. The Balaban J connectivity index is 1.69. The number of carbonyl (C=O) groups excluding carboxylic acids is 1. The van der Waals surface area contributed by atoms with Crippen molar-refractivity contribution in [3.05, 3.63) is 117 Å². The van der Waals surface area contributed by atoms with Crippen LogP contribution in [-0.2, 0) is 19.5 Å². The van der Waals surface area contributed by atoms with Gasteiger partial charge in [-0.05, 0) is 53.9 Å². The van der Waals surface area contributed by atoms with Crippen LogP contribution in [0.3, 0.4) is 0 Å². The summed E-state index contributed by atoms with van der Waals surface area (Å²) < 4.78 is 19.0. The van der Waals surface area contributed by atoms with Crippen LogP contribution in [0.15, 0.2) is 88.3 Å². The molecule has 5 heteroatoms. The van der Waals surface area contributed by atoms with Gasteiger partial charge in [-0.1, -0.05) is 43.3 Å². The van der Waals surface area contributed by atoms with Crippen LogP contribution in [0, 0.1) is 5.82 Å². The maximum atomic E-state index is 13.3. The molecule has 0 unspecified atom stereocenters. The molecule has 0 spiro atoms. The van der Waals surface area contributed by atoms with Crippen LogP contribution in [0.25, 0.3) is 11.0 Å². The molecule has 0 bridgehead atoms. The molecule has 4 nitrogen and oxygen atoms in total. The Morgan fingerprint density at radius 3 is 2.29 bits per heavy atom. The molecule has 4 rings (SSSR count). The van der Waals surface area contributed by atoms with Crippen molar-refractivity contribution >= 4 is 16.9 Å². The van der Waals surface area contributed by atoms with Crippen LogP contribution in [0.5, 0.6) is 0 Å². The molecule has 0 aliphatic heterocycles. The van der Waals surface area contributed by atoms with Gasteiger partial charge in [-0.3, -0.25) is 9.59 Å². The number of rotatable bonds is 6. The summed E-state index contributed by atoms with van der Waals surface area (Å²) in [6, 6.07) is 20.4. The molecule has 4 aromatic rings. The van der Waals surface area contributed by atoms with Crippen molar-refractivity contribution in [2.45, 2.75) is 26.4 Å². The zero-order chi connectivity index (χ0) is 21.8. The molecular weight excluding hydrogens is 393 g/mol. The summed E-state index contributed by atoms with van der Waals surface area (Å²) >= 11 is 0. The first kappa shape index (κ1) is 20.5. The first-order valence-corrected chi connectivity index (χ1v) is 10.2. The number of aryl methyl sites for hydroxylation is 1. The summed E-state index contributed by atoms with van der Waals surface area (Å²) in [6.45, 7) is 2.37. The minimum absolute atomic E-state index is 0.0822. The SMILES string of the molecule is CCc1ccc(C(=O)N(Cc2ccc(F)cc2)Cc2coc3ccccc3c2=O)cc1. The number of amides is 1. The fourth-order valence-electron chi connectivity index (χ4n) is 3.51. The van der Waals surface area contributed by atoms with Gasteiger partial charge >= 0.3 is 0 Å². The van der Waals surface area contributed by atoms with Crippen LogP contribution in [0.2, 0.25) is 0 Å². The van der Waals surface area contributed by atoms with Crippen LogP contribution >= 0.6 is 0 Å². The van der Waals surface area contributed by atoms with E-state index >= 15 is 0 Å². The molecule has 0 N–H and O–H groups in total. The monoisotopic (exact) mass is 415 g/mol. The number of benzene rings is 3. The van der Waals surface area contributed by atoms with Crippen LogP contribution < -0.4 is 5.43 Å². The number of carbonyl (C=O) groups is 1. The van der Waals surface area contributed by atoms with Gasteiger partial charge in [0.05, 0.1) is 23.8 Å². The van der Waals surface area contributed by atoms with E-state index in [1.165, 1.54) is 18.4 Å². The first-order chi connectivity index (χ1) is 15.0. The molecule has 0 radical (unpaired) electrons. The molecule has 0 saturated heterocycles. The number of hydrogen-bond acceptors (Lipinski definition) is 3. The van der Waals surface area contributed by atoms with E-state index in [0.717, 1.165) is 17.5 Å². The summed E-state index contributed by atoms with van der Waals surface area (Å²) in [5, 5.41) is 0.474. The first-order valence-electron chi connectivity index (χ1n) is 10.2. The predicted molar refractivity (Wildman–Crippen MR) is 118 cm³/mol. The zero-order valence-electron chi connectivity index (χ0n) is 17.2. The van der Waals surface area contributed by atoms with E-state index in [1.807, 2.05) is 12.1 Å². The Hall–Kier alpha value is -3.73. The minimum atomic E-state index is -0.341. The van der Waals surface area contributed by atoms with Crippen LogP contribution in [0.1, 0.15) is 34.0 Å². The van der Waals surface area contributed by atoms with Crippen molar-refractivity contribution in [2.24, 2.45) is 0 Å². The van der Waals surface area contributed by atoms with Gasteiger partial charge in [-0.15, -0.1) is 0 Å². The molecule has 1 aromatic heterocycles. The Labute approximate surface area is 179 Å². The Kier molecular flexibility index (Phi) is 5.94. The van der Waals surface area contributed by atoms with E-state index in [9.17, 15) is 14.0 Å². The molecule has 156 valence electrons. The summed E-state index contributed by atoms with van der Waals surface area (Å²) in [5.74, 6) is -0.550.